The lowest BCUT2D eigenvalue weighted by Gasteiger charge is -2.12. The van der Waals surface area contributed by atoms with E-state index in [1.54, 1.807) is 0 Å². The summed E-state index contributed by atoms with van der Waals surface area (Å²) >= 11 is 0. The van der Waals surface area contributed by atoms with Crippen LogP contribution in [0.3, 0.4) is 0 Å². The fourth-order valence-corrected chi connectivity index (χ4v) is 1.37. The molecule has 0 radical (unpaired) electrons. The molecule has 4 nitrogen and oxygen atoms in total. The fourth-order valence-electron chi connectivity index (χ4n) is 1.37. The van der Waals surface area contributed by atoms with E-state index in [1.807, 2.05) is 13.8 Å². The van der Waals surface area contributed by atoms with Crippen LogP contribution in [0.15, 0.2) is 0 Å². The van der Waals surface area contributed by atoms with Gasteiger partial charge >= 0.3 is 0 Å². The summed E-state index contributed by atoms with van der Waals surface area (Å²) in [6, 6.07) is 0.681. The smallest absolute Gasteiger partial charge is 0.221 e. The third-order valence-electron chi connectivity index (χ3n) is 2.40. The van der Waals surface area contributed by atoms with Crippen LogP contribution in [0.2, 0.25) is 0 Å². The van der Waals surface area contributed by atoms with Gasteiger partial charge in [0.15, 0.2) is 0 Å². The van der Waals surface area contributed by atoms with Crippen molar-refractivity contribution in [3.63, 3.8) is 0 Å². The molecule has 0 saturated heterocycles. The molecule has 1 amide bonds. The van der Waals surface area contributed by atoms with E-state index < -0.39 is 0 Å². The minimum absolute atomic E-state index is 0.106. The Labute approximate surface area is 91.8 Å². The van der Waals surface area contributed by atoms with E-state index in [9.17, 15) is 4.79 Å². The predicted octanol–water partition coefficient (Wildman–Crippen LogP) is 0.670. The van der Waals surface area contributed by atoms with E-state index in [0.717, 1.165) is 6.54 Å². The molecule has 2 N–H and O–H groups in total. The van der Waals surface area contributed by atoms with Crippen molar-refractivity contribution in [2.24, 2.45) is 0 Å². The van der Waals surface area contributed by atoms with Gasteiger partial charge in [0.05, 0.1) is 6.10 Å². The molecule has 0 aromatic heterocycles. The van der Waals surface area contributed by atoms with Gasteiger partial charge in [-0.2, -0.15) is 0 Å². The van der Waals surface area contributed by atoms with Crippen molar-refractivity contribution in [3.8, 4) is 0 Å². The highest BCUT2D eigenvalue weighted by Crippen LogP contribution is 2.18. The van der Waals surface area contributed by atoms with Crippen LogP contribution in [0.1, 0.15) is 33.1 Å². The van der Waals surface area contributed by atoms with Crippen LogP contribution in [0.5, 0.6) is 0 Å². The molecule has 1 aliphatic rings. The number of rotatable bonds is 8. The van der Waals surface area contributed by atoms with Crippen LogP contribution in [-0.4, -0.2) is 37.7 Å². The van der Waals surface area contributed by atoms with Gasteiger partial charge in [0.25, 0.3) is 0 Å². The van der Waals surface area contributed by atoms with Crippen molar-refractivity contribution in [2.45, 2.75) is 45.3 Å². The molecule has 1 saturated carbocycles. The molecule has 0 aromatic rings. The first kappa shape index (κ1) is 12.5. The van der Waals surface area contributed by atoms with Gasteiger partial charge in [0, 0.05) is 32.2 Å². The number of hydrogen-bond acceptors (Lipinski definition) is 3. The first-order chi connectivity index (χ1) is 7.22. The molecule has 88 valence electrons. The van der Waals surface area contributed by atoms with Crippen molar-refractivity contribution < 1.29 is 9.53 Å². The molecule has 0 spiro atoms. The highest BCUT2D eigenvalue weighted by molar-refractivity contribution is 5.76. The van der Waals surface area contributed by atoms with Crippen molar-refractivity contribution >= 4 is 5.91 Å². The maximum atomic E-state index is 11.3. The number of ether oxygens (including phenoxy) is 1. The summed E-state index contributed by atoms with van der Waals surface area (Å²) in [4.78, 5) is 11.3. The highest BCUT2D eigenvalue weighted by atomic mass is 16.5. The summed E-state index contributed by atoms with van der Waals surface area (Å²) in [5.74, 6) is 0.106. The standard InChI is InChI=1S/C11H22N2O2/c1-3-15-9(2)8-13-11(14)6-7-12-10-4-5-10/h9-10,12H,3-8H2,1-2H3,(H,13,14). The Bertz CT molecular complexity index is 193. The minimum atomic E-state index is 0.106. The molecule has 1 aliphatic carbocycles. The topological polar surface area (TPSA) is 50.4 Å². The van der Waals surface area contributed by atoms with Crippen LogP contribution in [0.4, 0.5) is 0 Å². The van der Waals surface area contributed by atoms with E-state index in [1.165, 1.54) is 12.8 Å². The number of amides is 1. The zero-order valence-electron chi connectivity index (χ0n) is 9.71. The van der Waals surface area contributed by atoms with E-state index in [2.05, 4.69) is 10.6 Å². The first-order valence-corrected chi connectivity index (χ1v) is 5.84. The molecule has 0 bridgehead atoms. The van der Waals surface area contributed by atoms with Crippen LogP contribution in [0.25, 0.3) is 0 Å². The molecular weight excluding hydrogens is 192 g/mol. The summed E-state index contributed by atoms with van der Waals surface area (Å²) in [6.45, 7) is 6.01. The highest BCUT2D eigenvalue weighted by Gasteiger charge is 2.20. The molecule has 0 heterocycles. The van der Waals surface area contributed by atoms with Gasteiger partial charge in [0.2, 0.25) is 5.91 Å². The number of carbonyl (C=O) groups excluding carboxylic acids is 1. The van der Waals surface area contributed by atoms with Crippen LogP contribution < -0.4 is 10.6 Å². The Balaban J connectivity index is 1.92. The monoisotopic (exact) mass is 214 g/mol. The maximum absolute atomic E-state index is 11.3. The molecule has 1 atom stereocenters. The van der Waals surface area contributed by atoms with Gasteiger partial charge in [-0.15, -0.1) is 0 Å². The van der Waals surface area contributed by atoms with Crippen LogP contribution in [0, 0.1) is 0 Å². The average Bonchev–Trinajstić information content (AvgIpc) is 2.99. The second-order valence-electron chi connectivity index (χ2n) is 4.05. The summed E-state index contributed by atoms with van der Waals surface area (Å²) in [5, 5.41) is 6.17. The van der Waals surface area contributed by atoms with E-state index in [-0.39, 0.29) is 12.0 Å². The third-order valence-corrected chi connectivity index (χ3v) is 2.40. The Hall–Kier alpha value is -0.610. The number of hydrogen-bond donors (Lipinski definition) is 2. The third kappa shape index (κ3) is 6.47. The Kier molecular flexibility index (Phi) is 5.65. The van der Waals surface area contributed by atoms with Crippen LogP contribution >= 0.6 is 0 Å². The Morgan fingerprint density at radius 2 is 2.27 bits per heavy atom. The Morgan fingerprint density at radius 1 is 1.53 bits per heavy atom. The first-order valence-electron chi connectivity index (χ1n) is 5.84. The lowest BCUT2D eigenvalue weighted by atomic mass is 10.3. The largest absolute Gasteiger partial charge is 0.377 e. The number of nitrogens with one attached hydrogen (secondary N) is 2. The summed E-state index contributed by atoms with van der Waals surface area (Å²) < 4.78 is 5.31. The van der Waals surface area contributed by atoms with Gasteiger partial charge in [-0.3, -0.25) is 4.79 Å². The molecule has 0 aromatic carbocycles. The lowest BCUT2D eigenvalue weighted by Crippen LogP contribution is -2.34. The van der Waals surface area contributed by atoms with Gasteiger partial charge < -0.3 is 15.4 Å². The van der Waals surface area contributed by atoms with E-state index in [4.69, 9.17) is 4.74 Å². The SMILES string of the molecule is CCOC(C)CNC(=O)CCNC1CC1. The minimum Gasteiger partial charge on any atom is -0.377 e. The molecule has 0 aliphatic heterocycles. The molecule has 4 heteroatoms. The molecule has 1 unspecified atom stereocenters. The second kappa shape index (κ2) is 6.80. The maximum Gasteiger partial charge on any atom is 0.221 e. The molecule has 1 rings (SSSR count). The molecule has 1 fully saturated rings. The van der Waals surface area contributed by atoms with Crippen molar-refractivity contribution in [3.05, 3.63) is 0 Å². The fraction of sp³-hybridized carbons (Fsp3) is 0.909. The van der Waals surface area contributed by atoms with Crippen molar-refractivity contribution in [2.75, 3.05) is 19.7 Å². The summed E-state index contributed by atoms with van der Waals surface area (Å²) in [7, 11) is 0. The van der Waals surface area contributed by atoms with E-state index >= 15 is 0 Å². The second-order valence-corrected chi connectivity index (χ2v) is 4.05. The molecule has 15 heavy (non-hydrogen) atoms. The van der Waals surface area contributed by atoms with Gasteiger partial charge in [0.1, 0.15) is 0 Å². The Morgan fingerprint density at radius 3 is 2.87 bits per heavy atom. The molecular formula is C11H22N2O2. The zero-order chi connectivity index (χ0) is 11.1. The quantitative estimate of drug-likeness (QED) is 0.624. The van der Waals surface area contributed by atoms with Gasteiger partial charge in [-0.05, 0) is 26.7 Å². The average molecular weight is 214 g/mol. The number of carbonyl (C=O) groups is 1. The normalized spacial score (nSPS) is 17.5. The predicted molar refractivity (Wildman–Crippen MR) is 59.7 cm³/mol. The zero-order valence-corrected chi connectivity index (χ0v) is 9.71. The summed E-state index contributed by atoms with van der Waals surface area (Å²) in [6.07, 6.45) is 3.21. The van der Waals surface area contributed by atoms with Gasteiger partial charge in [-0.25, -0.2) is 0 Å². The van der Waals surface area contributed by atoms with E-state index in [0.29, 0.717) is 25.6 Å². The van der Waals surface area contributed by atoms with Crippen LogP contribution in [-0.2, 0) is 9.53 Å². The lowest BCUT2D eigenvalue weighted by molar-refractivity contribution is -0.121. The van der Waals surface area contributed by atoms with Crippen molar-refractivity contribution in [1.29, 1.82) is 0 Å². The van der Waals surface area contributed by atoms with Gasteiger partial charge in [-0.1, -0.05) is 0 Å². The summed E-state index contributed by atoms with van der Waals surface area (Å²) in [5.41, 5.74) is 0. The van der Waals surface area contributed by atoms with Crippen molar-refractivity contribution in [1.82, 2.24) is 10.6 Å².